The van der Waals surface area contributed by atoms with E-state index in [2.05, 4.69) is 35.1 Å². The summed E-state index contributed by atoms with van der Waals surface area (Å²) in [5.74, 6) is 3.30. The number of ether oxygens (including phenoxy) is 1. The summed E-state index contributed by atoms with van der Waals surface area (Å²) in [5.41, 5.74) is 1.11. The minimum absolute atomic E-state index is 0.446. The molecule has 3 nitrogen and oxygen atoms in total. The van der Waals surface area contributed by atoms with Crippen LogP contribution in [-0.4, -0.2) is 6.54 Å². The lowest BCUT2D eigenvalue weighted by Gasteiger charge is -2.08. The minimum Gasteiger partial charge on any atom is -0.485 e. The first-order valence-corrected chi connectivity index (χ1v) is 8.01. The van der Waals surface area contributed by atoms with Crippen LogP contribution in [0.1, 0.15) is 30.9 Å². The Morgan fingerprint density at radius 2 is 1.95 bits per heavy atom. The zero-order chi connectivity index (χ0) is 15.2. The molecule has 21 heavy (non-hydrogen) atoms. The second-order valence-corrected chi connectivity index (χ2v) is 6.51. The van der Waals surface area contributed by atoms with Gasteiger partial charge in [-0.2, -0.15) is 0 Å². The molecule has 4 heteroatoms. The largest absolute Gasteiger partial charge is 0.485 e. The number of hydrogen-bond donors (Lipinski definition) is 1. The Hall–Kier alpha value is -1.26. The molecule has 114 valence electrons. The highest BCUT2D eigenvalue weighted by Crippen LogP contribution is 2.24. The maximum Gasteiger partial charge on any atom is 0.146 e. The average molecular weight is 352 g/mol. The maximum absolute atomic E-state index is 5.82. The van der Waals surface area contributed by atoms with Gasteiger partial charge in [0.15, 0.2) is 0 Å². The van der Waals surface area contributed by atoms with Gasteiger partial charge in [0.25, 0.3) is 0 Å². The molecule has 0 radical (unpaired) electrons. The lowest BCUT2D eigenvalue weighted by atomic mass is 10.2. The summed E-state index contributed by atoms with van der Waals surface area (Å²) in [5, 5.41) is 3.36. The molecule has 0 aliphatic rings. The maximum atomic E-state index is 5.82. The first kappa shape index (κ1) is 16.1. The van der Waals surface area contributed by atoms with Crippen molar-refractivity contribution in [3.05, 3.63) is 51.9 Å². The summed E-state index contributed by atoms with van der Waals surface area (Å²) in [6.07, 6.45) is 0. The van der Waals surface area contributed by atoms with Gasteiger partial charge in [-0.25, -0.2) is 0 Å². The third kappa shape index (κ3) is 5.21. The molecular weight excluding hydrogens is 330 g/mol. The molecule has 0 aliphatic heterocycles. The number of nitrogens with one attached hydrogen (secondary N) is 1. The van der Waals surface area contributed by atoms with Crippen LogP contribution in [0.15, 0.2) is 39.2 Å². The van der Waals surface area contributed by atoms with E-state index in [4.69, 9.17) is 9.15 Å². The highest BCUT2D eigenvalue weighted by atomic mass is 79.9. The second kappa shape index (κ2) is 7.66. The number of aryl methyl sites for hydroxylation is 1. The molecule has 0 saturated heterocycles. The van der Waals surface area contributed by atoms with Gasteiger partial charge in [0.1, 0.15) is 23.9 Å². The summed E-state index contributed by atoms with van der Waals surface area (Å²) >= 11 is 3.45. The Kier molecular flexibility index (Phi) is 5.88. The second-order valence-electron chi connectivity index (χ2n) is 5.59. The van der Waals surface area contributed by atoms with Crippen LogP contribution in [-0.2, 0) is 13.2 Å². The van der Waals surface area contributed by atoms with Crippen LogP contribution in [0, 0.1) is 12.8 Å². The van der Waals surface area contributed by atoms with E-state index in [0.717, 1.165) is 40.4 Å². The summed E-state index contributed by atoms with van der Waals surface area (Å²) in [4.78, 5) is 0. The molecule has 1 N–H and O–H groups in total. The van der Waals surface area contributed by atoms with Crippen molar-refractivity contribution < 1.29 is 9.15 Å². The number of furan rings is 1. The van der Waals surface area contributed by atoms with E-state index < -0.39 is 0 Å². The predicted molar refractivity (Wildman–Crippen MR) is 88.5 cm³/mol. The van der Waals surface area contributed by atoms with Crippen molar-refractivity contribution in [1.82, 2.24) is 5.32 Å². The molecule has 0 fully saturated rings. The molecule has 2 rings (SSSR count). The number of halogens is 1. The Labute approximate surface area is 134 Å². The van der Waals surface area contributed by atoms with Gasteiger partial charge in [-0.3, -0.25) is 0 Å². The van der Waals surface area contributed by atoms with Crippen molar-refractivity contribution in [3.8, 4) is 5.75 Å². The zero-order valence-electron chi connectivity index (χ0n) is 12.8. The van der Waals surface area contributed by atoms with Gasteiger partial charge in [0.2, 0.25) is 0 Å². The number of hydrogen-bond acceptors (Lipinski definition) is 3. The lowest BCUT2D eigenvalue weighted by molar-refractivity contribution is 0.263. The van der Waals surface area contributed by atoms with Crippen LogP contribution in [0.3, 0.4) is 0 Å². The normalized spacial score (nSPS) is 11.1. The predicted octanol–water partition coefficient (Wildman–Crippen LogP) is 4.68. The van der Waals surface area contributed by atoms with E-state index in [9.17, 15) is 0 Å². The van der Waals surface area contributed by atoms with Gasteiger partial charge in [0.05, 0.1) is 6.54 Å². The molecule has 1 heterocycles. The van der Waals surface area contributed by atoms with E-state index in [-0.39, 0.29) is 0 Å². The average Bonchev–Trinajstić information content (AvgIpc) is 2.87. The molecule has 1 aromatic carbocycles. The van der Waals surface area contributed by atoms with E-state index in [1.807, 2.05) is 37.3 Å². The Bertz CT molecular complexity index is 578. The van der Waals surface area contributed by atoms with Crippen molar-refractivity contribution in [3.63, 3.8) is 0 Å². The molecule has 0 amide bonds. The SMILES string of the molecule is Cc1ccc(Br)cc1OCc1ccc(CNCC(C)C)o1. The molecular formula is C17H22BrNO2. The van der Waals surface area contributed by atoms with Crippen LogP contribution in [0.4, 0.5) is 0 Å². The Balaban J connectivity index is 1.86. The fraction of sp³-hybridized carbons (Fsp3) is 0.412. The lowest BCUT2D eigenvalue weighted by Crippen LogP contribution is -2.18. The van der Waals surface area contributed by atoms with Crippen molar-refractivity contribution in [1.29, 1.82) is 0 Å². The van der Waals surface area contributed by atoms with E-state index >= 15 is 0 Å². The number of benzene rings is 1. The minimum atomic E-state index is 0.446. The van der Waals surface area contributed by atoms with Gasteiger partial charge >= 0.3 is 0 Å². The smallest absolute Gasteiger partial charge is 0.146 e. The van der Waals surface area contributed by atoms with Gasteiger partial charge in [-0.1, -0.05) is 35.8 Å². The summed E-state index contributed by atoms with van der Waals surface area (Å²) in [6, 6.07) is 9.99. The fourth-order valence-corrected chi connectivity index (χ4v) is 2.30. The van der Waals surface area contributed by atoms with Gasteiger partial charge in [0, 0.05) is 4.47 Å². The fourth-order valence-electron chi connectivity index (χ4n) is 1.96. The van der Waals surface area contributed by atoms with Crippen molar-refractivity contribution >= 4 is 15.9 Å². The van der Waals surface area contributed by atoms with Crippen LogP contribution < -0.4 is 10.1 Å². The van der Waals surface area contributed by atoms with Gasteiger partial charge in [-0.05, 0) is 49.2 Å². The molecule has 0 saturated carbocycles. The van der Waals surface area contributed by atoms with E-state index in [0.29, 0.717) is 12.5 Å². The van der Waals surface area contributed by atoms with Crippen molar-refractivity contribution in [2.45, 2.75) is 33.9 Å². The highest BCUT2D eigenvalue weighted by molar-refractivity contribution is 9.10. The third-order valence-corrected chi connectivity index (χ3v) is 3.58. The van der Waals surface area contributed by atoms with Crippen molar-refractivity contribution in [2.24, 2.45) is 5.92 Å². The molecule has 1 aromatic heterocycles. The van der Waals surface area contributed by atoms with Gasteiger partial charge < -0.3 is 14.5 Å². The third-order valence-electron chi connectivity index (χ3n) is 3.09. The molecule has 0 bridgehead atoms. The standard InChI is InChI=1S/C17H22BrNO2/c1-12(2)9-19-10-15-6-7-16(21-15)11-20-17-8-14(18)5-4-13(17)3/h4-8,12,19H,9-11H2,1-3H3. The Morgan fingerprint density at radius 3 is 2.71 bits per heavy atom. The molecule has 2 aromatic rings. The van der Waals surface area contributed by atoms with Crippen LogP contribution in [0.25, 0.3) is 0 Å². The summed E-state index contributed by atoms with van der Waals surface area (Å²) in [7, 11) is 0. The molecule has 0 spiro atoms. The first-order valence-electron chi connectivity index (χ1n) is 7.22. The summed E-state index contributed by atoms with van der Waals surface area (Å²) in [6.45, 7) is 8.61. The number of rotatable bonds is 7. The van der Waals surface area contributed by atoms with Crippen LogP contribution in [0.5, 0.6) is 5.75 Å². The molecule has 0 atom stereocenters. The molecule has 0 aliphatic carbocycles. The van der Waals surface area contributed by atoms with Crippen LogP contribution >= 0.6 is 15.9 Å². The quantitative estimate of drug-likeness (QED) is 0.786. The summed E-state index contributed by atoms with van der Waals surface area (Å²) < 4.78 is 12.6. The van der Waals surface area contributed by atoms with E-state index in [1.54, 1.807) is 0 Å². The highest BCUT2D eigenvalue weighted by Gasteiger charge is 2.05. The van der Waals surface area contributed by atoms with E-state index in [1.165, 1.54) is 0 Å². The topological polar surface area (TPSA) is 34.4 Å². The Morgan fingerprint density at radius 1 is 1.19 bits per heavy atom. The van der Waals surface area contributed by atoms with Gasteiger partial charge in [-0.15, -0.1) is 0 Å². The molecule has 0 unspecified atom stereocenters. The first-order chi connectivity index (χ1) is 10.0. The zero-order valence-corrected chi connectivity index (χ0v) is 14.4. The van der Waals surface area contributed by atoms with Crippen LogP contribution in [0.2, 0.25) is 0 Å². The monoisotopic (exact) mass is 351 g/mol. The van der Waals surface area contributed by atoms with Crippen molar-refractivity contribution in [2.75, 3.05) is 6.54 Å².